The number of hydrogen-bond donors (Lipinski definition) is 3. The van der Waals surface area contributed by atoms with Crippen molar-refractivity contribution >= 4 is 57.9 Å². The number of halogens is 5. The van der Waals surface area contributed by atoms with E-state index in [1.165, 1.54) is 0 Å². The van der Waals surface area contributed by atoms with Crippen molar-refractivity contribution in [1.29, 1.82) is 0 Å². The number of piperidine rings is 1. The molecule has 1 saturated carbocycles. The maximum Gasteiger partial charge on any atom is 0.416 e. The summed E-state index contributed by atoms with van der Waals surface area (Å²) in [5.74, 6) is 0.265. The van der Waals surface area contributed by atoms with Crippen molar-refractivity contribution in [1.82, 2.24) is 24.4 Å². The molecule has 216 valence electrons. The van der Waals surface area contributed by atoms with Gasteiger partial charge in [0.2, 0.25) is 17.8 Å². The summed E-state index contributed by atoms with van der Waals surface area (Å²) in [5, 5.41) is 6.12. The second-order valence-electron chi connectivity index (χ2n) is 10.4. The van der Waals surface area contributed by atoms with E-state index in [0.717, 1.165) is 44.6 Å². The largest absolute Gasteiger partial charge is 0.416 e. The van der Waals surface area contributed by atoms with E-state index in [-0.39, 0.29) is 39.6 Å². The van der Waals surface area contributed by atoms with Crippen molar-refractivity contribution in [3.8, 4) is 0 Å². The molecule has 40 heavy (non-hydrogen) atoms. The maximum absolute atomic E-state index is 13.3. The number of carbonyl (C=O) groups excluding carboxylic acids is 1. The molecule has 0 radical (unpaired) electrons. The second-order valence-corrected chi connectivity index (χ2v) is 11.2. The molecule has 0 unspecified atom stereocenters. The number of likely N-dealkylation sites (tertiary alicyclic amines) is 1. The van der Waals surface area contributed by atoms with Crippen LogP contribution in [0.3, 0.4) is 0 Å². The average Bonchev–Trinajstić information content (AvgIpc) is 3.27. The summed E-state index contributed by atoms with van der Waals surface area (Å²) < 4.78 is 41.7. The number of hydrogen-bond acceptors (Lipinski definition) is 7. The Morgan fingerprint density at radius 2 is 1.82 bits per heavy atom. The number of nitrogens with two attached hydrogens (primary N) is 1. The topological polar surface area (TPSA) is 114 Å². The van der Waals surface area contributed by atoms with E-state index in [9.17, 15) is 18.0 Å². The number of primary amides is 1. The van der Waals surface area contributed by atoms with Crippen LogP contribution < -0.4 is 16.4 Å². The van der Waals surface area contributed by atoms with Gasteiger partial charge in [0.1, 0.15) is 5.52 Å². The third-order valence-electron chi connectivity index (χ3n) is 7.79. The minimum atomic E-state index is -4.59. The Labute approximate surface area is 239 Å². The van der Waals surface area contributed by atoms with Crippen molar-refractivity contribution in [2.45, 2.75) is 63.7 Å². The Kier molecular flexibility index (Phi) is 8.30. The normalized spacial score (nSPS) is 22.4. The highest BCUT2D eigenvalue weighted by molar-refractivity contribution is 6.39. The molecule has 0 bridgehead atoms. The Morgan fingerprint density at radius 1 is 1.12 bits per heavy atom. The number of nitrogens with zero attached hydrogens (tertiary/aromatic N) is 5. The summed E-state index contributed by atoms with van der Waals surface area (Å²) in [4.78, 5) is 28.1. The van der Waals surface area contributed by atoms with E-state index >= 15 is 0 Å². The molecule has 1 saturated heterocycles. The number of aromatic nitrogens is 4. The smallest absolute Gasteiger partial charge is 0.369 e. The third kappa shape index (κ3) is 6.08. The molecule has 0 spiro atoms. The fourth-order valence-electron chi connectivity index (χ4n) is 5.62. The van der Waals surface area contributed by atoms with Gasteiger partial charge in [-0.3, -0.25) is 9.36 Å². The Morgan fingerprint density at radius 3 is 2.45 bits per heavy atom. The molecule has 4 N–H and O–H groups in total. The first-order valence-corrected chi connectivity index (χ1v) is 14.2. The molecule has 3 heterocycles. The Bertz CT molecular complexity index is 1370. The van der Waals surface area contributed by atoms with Crippen LogP contribution in [0.2, 0.25) is 10.0 Å². The SMILES string of the molecule is CCN1CCC[C@@H](Nc2ncc3nc(Nc4c(Cl)cc(C(F)(F)F)cc4Cl)n([C@H]4CC[C@H](C(N)=O)CC4)c3n2)C1. The quantitative estimate of drug-likeness (QED) is 0.305. The molecule has 5 rings (SSSR count). The van der Waals surface area contributed by atoms with Gasteiger partial charge in [-0.05, 0) is 63.7 Å². The third-order valence-corrected chi connectivity index (χ3v) is 8.39. The molecule has 14 heteroatoms. The van der Waals surface area contributed by atoms with Gasteiger partial charge in [0, 0.05) is 24.5 Å². The van der Waals surface area contributed by atoms with Crippen LogP contribution in [0.1, 0.15) is 57.1 Å². The van der Waals surface area contributed by atoms with Gasteiger partial charge in [-0.2, -0.15) is 18.2 Å². The predicted octanol–water partition coefficient (Wildman–Crippen LogP) is 6.01. The average molecular weight is 599 g/mol. The zero-order valence-corrected chi connectivity index (χ0v) is 23.5. The van der Waals surface area contributed by atoms with E-state index in [1.807, 2.05) is 4.57 Å². The lowest BCUT2D eigenvalue weighted by molar-refractivity contribution is -0.137. The summed E-state index contributed by atoms with van der Waals surface area (Å²) in [5.41, 5.74) is 5.77. The number of carbonyl (C=O) groups is 1. The van der Waals surface area contributed by atoms with Crippen molar-refractivity contribution in [2.24, 2.45) is 11.7 Å². The number of benzene rings is 1. The lowest BCUT2D eigenvalue weighted by Gasteiger charge is -2.32. The van der Waals surface area contributed by atoms with Crippen LogP contribution in [0.15, 0.2) is 18.3 Å². The second kappa shape index (κ2) is 11.6. The van der Waals surface area contributed by atoms with Gasteiger partial charge >= 0.3 is 6.18 Å². The van der Waals surface area contributed by atoms with Crippen LogP contribution >= 0.6 is 23.2 Å². The van der Waals surface area contributed by atoms with Gasteiger partial charge in [-0.1, -0.05) is 30.1 Å². The summed E-state index contributed by atoms with van der Waals surface area (Å²) >= 11 is 12.5. The minimum absolute atomic E-state index is 0.0943. The molecule has 2 fully saturated rings. The van der Waals surface area contributed by atoms with E-state index in [4.69, 9.17) is 33.9 Å². The van der Waals surface area contributed by atoms with Crippen LogP contribution in [0.4, 0.5) is 30.8 Å². The van der Waals surface area contributed by atoms with E-state index in [2.05, 4.69) is 32.4 Å². The molecular formula is C26H31Cl2F3N8O. The van der Waals surface area contributed by atoms with E-state index in [0.29, 0.717) is 48.7 Å². The molecule has 1 amide bonds. The molecule has 2 aliphatic rings. The zero-order valence-electron chi connectivity index (χ0n) is 21.9. The number of likely N-dealkylation sites (N-methyl/N-ethyl adjacent to an activating group) is 1. The molecule has 1 atom stereocenters. The highest BCUT2D eigenvalue weighted by atomic mass is 35.5. The van der Waals surface area contributed by atoms with Gasteiger partial charge in [0.05, 0.1) is 27.5 Å². The number of fused-ring (bicyclic) bond motifs is 1. The van der Waals surface area contributed by atoms with Gasteiger partial charge in [-0.15, -0.1) is 0 Å². The van der Waals surface area contributed by atoms with Crippen molar-refractivity contribution in [2.75, 3.05) is 30.3 Å². The van der Waals surface area contributed by atoms with Crippen LogP contribution in [0.5, 0.6) is 0 Å². The molecule has 9 nitrogen and oxygen atoms in total. The number of anilines is 3. The predicted molar refractivity (Wildman–Crippen MR) is 149 cm³/mol. The number of nitrogens with one attached hydrogen (secondary N) is 2. The van der Waals surface area contributed by atoms with Gasteiger partial charge < -0.3 is 21.3 Å². The first-order chi connectivity index (χ1) is 19.0. The molecule has 1 aliphatic heterocycles. The standard InChI is InChI=1S/C26H31Cl2F3N8O/c1-2-38-9-3-4-16(13-38)34-24-33-12-20-23(37-24)39(17-7-5-14(6-8-17)22(32)40)25(35-20)36-21-18(27)10-15(11-19(21)28)26(29,30)31/h10-12,14,16-17H,2-9,13H2,1H3,(H2,32,40)(H,35,36)(H,33,34,37)/t14-,16-,17-/m1/s1. The lowest BCUT2D eigenvalue weighted by Crippen LogP contribution is -2.42. The first-order valence-electron chi connectivity index (χ1n) is 13.4. The summed E-state index contributed by atoms with van der Waals surface area (Å²) in [6, 6.07) is 1.76. The summed E-state index contributed by atoms with van der Waals surface area (Å²) in [6.45, 7) is 5.08. The van der Waals surface area contributed by atoms with Crippen molar-refractivity contribution in [3.63, 3.8) is 0 Å². The minimum Gasteiger partial charge on any atom is -0.369 e. The van der Waals surface area contributed by atoms with Gasteiger partial charge in [0.25, 0.3) is 0 Å². The maximum atomic E-state index is 13.3. The van der Waals surface area contributed by atoms with Crippen LogP contribution in [0.25, 0.3) is 11.2 Å². The molecular weight excluding hydrogens is 568 g/mol. The lowest BCUT2D eigenvalue weighted by atomic mass is 9.85. The number of alkyl halides is 3. The molecule has 1 aromatic carbocycles. The number of imidazole rings is 1. The van der Waals surface area contributed by atoms with E-state index < -0.39 is 11.7 Å². The van der Waals surface area contributed by atoms with E-state index in [1.54, 1.807) is 6.20 Å². The number of rotatable bonds is 7. The Balaban J connectivity index is 1.51. The van der Waals surface area contributed by atoms with Crippen LogP contribution in [-0.4, -0.2) is 56.0 Å². The van der Waals surface area contributed by atoms with Crippen molar-refractivity contribution in [3.05, 3.63) is 33.9 Å². The fraction of sp³-hybridized carbons (Fsp3) is 0.538. The fourth-order valence-corrected chi connectivity index (χ4v) is 6.21. The molecule has 2 aromatic heterocycles. The first kappa shape index (κ1) is 28.7. The van der Waals surface area contributed by atoms with Gasteiger partial charge in [-0.25, -0.2) is 9.97 Å². The highest BCUT2D eigenvalue weighted by Gasteiger charge is 2.33. The highest BCUT2D eigenvalue weighted by Crippen LogP contribution is 2.42. The number of amides is 1. The summed E-state index contributed by atoms with van der Waals surface area (Å²) in [6.07, 6.45) is 1.61. The Hall–Kier alpha value is -2.83. The summed E-state index contributed by atoms with van der Waals surface area (Å²) in [7, 11) is 0. The van der Waals surface area contributed by atoms with Crippen LogP contribution in [-0.2, 0) is 11.0 Å². The molecule has 3 aromatic rings. The monoisotopic (exact) mass is 598 g/mol. The van der Waals surface area contributed by atoms with Crippen LogP contribution in [0, 0.1) is 5.92 Å². The molecule has 1 aliphatic carbocycles. The van der Waals surface area contributed by atoms with Gasteiger partial charge in [0.15, 0.2) is 5.65 Å². The van der Waals surface area contributed by atoms with Crippen molar-refractivity contribution < 1.29 is 18.0 Å². The zero-order chi connectivity index (χ0) is 28.6.